The molecule has 1 heterocycles. The van der Waals surface area contributed by atoms with Crippen LogP contribution in [0.4, 0.5) is 0 Å². The first kappa shape index (κ1) is 13.3. The van der Waals surface area contributed by atoms with Gasteiger partial charge in [-0.25, -0.2) is 0 Å². The van der Waals surface area contributed by atoms with Crippen LogP contribution in [-0.4, -0.2) is 47.5 Å². The molecule has 100 valence electrons. The zero-order valence-electron chi connectivity index (χ0n) is 11.2. The van der Waals surface area contributed by atoms with E-state index in [4.69, 9.17) is 5.11 Å². The van der Waals surface area contributed by atoms with E-state index < -0.39 is 0 Å². The van der Waals surface area contributed by atoms with Crippen LogP contribution in [-0.2, 0) is 0 Å². The molecule has 2 N–H and O–H groups in total. The SMILES string of the molecule is CC1CC(C)C(CN2CCC(CO)C2)C(O)C1. The molecule has 1 aliphatic heterocycles. The highest BCUT2D eigenvalue weighted by atomic mass is 16.3. The van der Waals surface area contributed by atoms with E-state index in [1.54, 1.807) is 0 Å². The molecule has 5 atom stereocenters. The van der Waals surface area contributed by atoms with E-state index in [9.17, 15) is 5.11 Å². The molecule has 5 unspecified atom stereocenters. The molecule has 2 fully saturated rings. The molecule has 0 aromatic rings. The van der Waals surface area contributed by atoms with Crippen molar-refractivity contribution in [3.8, 4) is 0 Å². The summed E-state index contributed by atoms with van der Waals surface area (Å²) in [7, 11) is 0. The summed E-state index contributed by atoms with van der Waals surface area (Å²) in [6.45, 7) is 7.97. The number of nitrogens with zero attached hydrogens (tertiary/aromatic N) is 1. The van der Waals surface area contributed by atoms with Gasteiger partial charge in [-0.05, 0) is 43.6 Å². The minimum atomic E-state index is -0.123. The highest BCUT2D eigenvalue weighted by Gasteiger charge is 2.35. The summed E-state index contributed by atoms with van der Waals surface area (Å²) in [6, 6.07) is 0. The van der Waals surface area contributed by atoms with Crippen LogP contribution >= 0.6 is 0 Å². The van der Waals surface area contributed by atoms with Crippen molar-refractivity contribution in [2.75, 3.05) is 26.2 Å². The topological polar surface area (TPSA) is 43.7 Å². The Hall–Kier alpha value is -0.120. The molecule has 2 aliphatic rings. The highest BCUT2D eigenvalue weighted by Crippen LogP contribution is 2.35. The van der Waals surface area contributed by atoms with Gasteiger partial charge in [-0.1, -0.05) is 13.8 Å². The van der Waals surface area contributed by atoms with Gasteiger partial charge < -0.3 is 15.1 Å². The Morgan fingerprint density at radius 1 is 1.24 bits per heavy atom. The van der Waals surface area contributed by atoms with Gasteiger partial charge in [0.2, 0.25) is 0 Å². The van der Waals surface area contributed by atoms with Crippen LogP contribution < -0.4 is 0 Å². The van der Waals surface area contributed by atoms with Crippen molar-refractivity contribution < 1.29 is 10.2 Å². The monoisotopic (exact) mass is 241 g/mol. The lowest BCUT2D eigenvalue weighted by Gasteiger charge is -2.39. The molecule has 0 aromatic heterocycles. The highest BCUT2D eigenvalue weighted by molar-refractivity contribution is 4.86. The van der Waals surface area contributed by atoms with Crippen LogP contribution in [0.1, 0.15) is 33.1 Å². The number of rotatable bonds is 3. The van der Waals surface area contributed by atoms with Gasteiger partial charge in [0.1, 0.15) is 0 Å². The van der Waals surface area contributed by atoms with E-state index >= 15 is 0 Å². The molecule has 1 aliphatic carbocycles. The maximum absolute atomic E-state index is 10.2. The van der Waals surface area contributed by atoms with Crippen LogP contribution in [0.3, 0.4) is 0 Å². The average molecular weight is 241 g/mol. The molecule has 0 amide bonds. The van der Waals surface area contributed by atoms with Crippen molar-refractivity contribution >= 4 is 0 Å². The van der Waals surface area contributed by atoms with E-state index in [1.807, 2.05) is 0 Å². The van der Waals surface area contributed by atoms with Crippen LogP contribution in [0.25, 0.3) is 0 Å². The predicted molar refractivity (Wildman–Crippen MR) is 68.7 cm³/mol. The maximum atomic E-state index is 10.2. The normalized spacial score (nSPS) is 44.1. The fourth-order valence-corrected chi connectivity index (χ4v) is 3.70. The summed E-state index contributed by atoms with van der Waals surface area (Å²) in [5.41, 5.74) is 0. The van der Waals surface area contributed by atoms with Crippen molar-refractivity contribution in [3.05, 3.63) is 0 Å². The number of aliphatic hydroxyl groups is 2. The molecule has 0 spiro atoms. The zero-order valence-corrected chi connectivity index (χ0v) is 11.2. The minimum absolute atomic E-state index is 0.123. The molecular weight excluding hydrogens is 214 g/mol. The van der Waals surface area contributed by atoms with Crippen molar-refractivity contribution in [3.63, 3.8) is 0 Å². The third-order valence-electron chi connectivity index (χ3n) is 4.74. The van der Waals surface area contributed by atoms with Crippen molar-refractivity contribution in [2.24, 2.45) is 23.7 Å². The Bertz CT molecular complexity index is 234. The molecule has 17 heavy (non-hydrogen) atoms. The van der Waals surface area contributed by atoms with E-state index in [1.165, 1.54) is 6.42 Å². The number of likely N-dealkylation sites (tertiary alicyclic amines) is 1. The summed E-state index contributed by atoms with van der Waals surface area (Å²) in [5, 5.41) is 19.4. The predicted octanol–water partition coefficient (Wildman–Crippen LogP) is 1.34. The lowest BCUT2D eigenvalue weighted by molar-refractivity contribution is 0.000551. The fourth-order valence-electron chi connectivity index (χ4n) is 3.70. The molecule has 3 heteroatoms. The first-order chi connectivity index (χ1) is 8.10. The van der Waals surface area contributed by atoms with Crippen molar-refractivity contribution in [1.29, 1.82) is 0 Å². The molecular formula is C14H27NO2. The van der Waals surface area contributed by atoms with Crippen molar-refractivity contribution in [2.45, 2.75) is 39.2 Å². The minimum Gasteiger partial charge on any atom is -0.396 e. The second kappa shape index (κ2) is 5.68. The first-order valence-corrected chi connectivity index (χ1v) is 7.11. The van der Waals surface area contributed by atoms with E-state index in [0.717, 1.165) is 32.5 Å². The largest absolute Gasteiger partial charge is 0.396 e. The van der Waals surface area contributed by atoms with E-state index in [0.29, 0.717) is 30.3 Å². The van der Waals surface area contributed by atoms with E-state index in [2.05, 4.69) is 18.7 Å². The van der Waals surface area contributed by atoms with Gasteiger partial charge >= 0.3 is 0 Å². The number of hydrogen-bond donors (Lipinski definition) is 2. The second-order valence-corrected chi connectivity index (χ2v) is 6.38. The van der Waals surface area contributed by atoms with Crippen LogP contribution in [0, 0.1) is 23.7 Å². The molecule has 2 rings (SSSR count). The van der Waals surface area contributed by atoms with Crippen molar-refractivity contribution in [1.82, 2.24) is 4.90 Å². The van der Waals surface area contributed by atoms with E-state index in [-0.39, 0.29) is 6.10 Å². The average Bonchev–Trinajstić information content (AvgIpc) is 2.71. The number of hydrogen-bond acceptors (Lipinski definition) is 3. The third kappa shape index (κ3) is 3.21. The van der Waals surface area contributed by atoms with Gasteiger partial charge in [0.15, 0.2) is 0 Å². The summed E-state index contributed by atoms with van der Waals surface area (Å²) in [4.78, 5) is 2.43. The summed E-state index contributed by atoms with van der Waals surface area (Å²) in [6.07, 6.45) is 3.21. The lowest BCUT2D eigenvalue weighted by Crippen LogP contribution is -2.42. The molecule has 1 saturated heterocycles. The lowest BCUT2D eigenvalue weighted by atomic mass is 9.73. The Balaban J connectivity index is 1.85. The maximum Gasteiger partial charge on any atom is 0.0585 e. The standard InChI is InChI=1S/C14H27NO2/c1-10-5-11(2)13(14(17)6-10)8-15-4-3-12(7-15)9-16/h10-14,16-17H,3-9H2,1-2H3. The molecule has 0 radical (unpaired) electrons. The van der Waals surface area contributed by atoms with Gasteiger partial charge in [0, 0.05) is 25.6 Å². The Morgan fingerprint density at radius 2 is 2.00 bits per heavy atom. The molecule has 3 nitrogen and oxygen atoms in total. The summed E-state index contributed by atoms with van der Waals surface area (Å²) >= 11 is 0. The van der Waals surface area contributed by atoms with Crippen LogP contribution in [0.2, 0.25) is 0 Å². The quantitative estimate of drug-likeness (QED) is 0.784. The number of aliphatic hydroxyl groups excluding tert-OH is 2. The summed E-state index contributed by atoms with van der Waals surface area (Å²) in [5.74, 6) is 2.19. The molecule has 1 saturated carbocycles. The summed E-state index contributed by atoms with van der Waals surface area (Å²) < 4.78 is 0. The van der Waals surface area contributed by atoms with Gasteiger partial charge in [0.05, 0.1) is 6.10 Å². The first-order valence-electron chi connectivity index (χ1n) is 7.11. The Labute approximate surface area is 105 Å². The smallest absolute Gasteiger partial charge is 0.0585 e. The Kier molecular flexibility index (Phi) is 4.45. The van der Waals surface area contributed by atoms with Crippen LogP contribution in [0.5, 0.6) is 0 Å². The zero-order chi connectivity index (χ0) is 12.4. The molecule has 0 bridgehead atoms. The fraction of sp³-hybridized carbons (Fsp3) is 1.00. The van der Waals surface area contributed by atoms with Crippen LogP contribution in [0.15, 0.2) is 0 Å². The second-order valence-electron chi connectivity index (χ2n) is 6.38. The van der Waals surface area contributed by atoms with Gasteiger partial charge in [-0.3, -0.25) is 0 Å². The van der Waals surface area contributed by atoms with Gasteiger partial charge in [0.25, 0.3) is 0 Å². The van der Waals surface area contributed by atoms with Gasteiger partial charge in [-0.15, -0.1) is 0 Å². The Morgan fingerprint density at radius 3 is 2.59 bits per heavy atom. The third-order valence-corrected chi connectivity index (χ3v) is 4.74. The molecule has 0 aromatic carbocycles. The van der Waals surface area contributed by atoms with Gasteiger partial charge in [-0.2, -0.15) is 0 Å².